The maximum Gasteiger partial charge on any atom is 0.128 e. The molecule has 0 bridgehead atoms. The molecule has 3 nitrogen and oxygen atoms in total. The molecule has 1 unspecified atom stereocenters. The van der Waals surface area contributed by atoms with Crippen molar-refractivity contribution in [3.8, 4) is 12.1 Å². The fourth-order valence-electron chi connectivity index (χ4n) is 3.67. The zero-order chi connectivity index (χ0) is 17.7. The van der Waals surface area contributed by atoms with Crippen molar-refractivity contribution in [2.45, 2.75) is 33.1 Å². The maximum atomic E-state index is 9.26. The predicted molar refractivity (Wildman–Crippen MR) is 97.5 cm³/mol. The SMILES string of the molecule is CN(C)C(=Cc1ccccc1)C1CC(=C(C#N)C#N)CC(C)(C)C1. The van der Waals surface area contributed by atoms with Crippen LogP contribution in [-0.4, -0.2) is 19.0 Å². The van der Waals surface area contributed by atoms with Crippen molar-refractivity contribution < 1.29 is 0 Å². The molecule has 1 saturated carbocycles. The van der Waals surface area contributed by atoms with Gasteiger partial charge >= 0.3 is 0 Å². The Hall–Kier alpha value is -2.52. The molecule has 0 amide bonds. The molecule has 0 heterocycles. The molecule has 0 aromatic heterocycles. The summed E-state index contributed by atoms with van der Waals surface area (Å²) in [7, 11) is 4.13. The second kappa shape index (κ2) is 7.37. The average molecular weight is 319 g/mol. The molecule has 0 saturated heterocycles. The Morgan fingerprint density at radius 3 is 2.33 bits per heavy atom. The fourth-order valence-corrected chi connectivity index (χ4v) is 3.67. The molecule has 0 spiro atoms. The van der Waals surface area contributed by atoms with Crippen LogP contribution in [0.1, 0.15) is 38.7 Å². The molecule has 1 atom stereocenters. The van der Waals surface area contributed by atoms with E-state index in [1.54, 1.807) is 0 Å². The standard InChI is InChI=1S/C21H25N3/c1-21(2)12-17(19(14-22)15-23)11-18(13-21)20(24(3)4)10-16-8-6-5-7-9-16/h5-10,18H,11-13H2,1-4H3. The number of nitriles is 2. The van der Waals surface area contributed by atoms with Gasteiger partial charge in [-0.1, -0.05) is 44.2 Å². The van der Waals surface area contributed by atoms with Crippen LogP contribution < -0.4 is 0 Å². The summed E-state index contributed by atoms with van der Waals surface area (Å²) >= 11 is 0. The predicted octanol–water partition coefficient (Wildman–Crippen LogP) is 4.76. The number of rotatable bonds is 3. The van der Waals surface area contributed by atoms with Crippen molar-refractivity contribution in [2.75, 3.05) is 14.1 Å². The fraction of sp³-hybridized carbons (Fsp3) is 0.429. The first-order valence-corrected chi connectivity index (χ1v) is 8.32. The molecule has 1 aliphatic carbocycles. The molecule has 1 aromatic carbocycles. The van der Waals surface area contributed by atoms with Gasteiger partial charge in [0, 0.05) is 25.7 Å². The Kier molecular flexibility index (Phi) is 5.47. The van der Waals surface area contributed by atoms with Gasteiger partial charge < -0.3 is 4.90 Å². The van der Waals surface area contributed by atoms with E-state index in [9.17, 15) is 10.5 Å². The van der Waals surface area contributed by atoms with Crippen LogP contribution in [0, 0.1) is 34.0 Å². The van der Waals surface area contributed by atoms with Gasteiger partial charge in [-0.25, -0.2) is 0 Å². The van der Waals surface area contributed by atoms with Crippen molar-refractivity contribution in [3.05, 3.63) is 52.7 Å². The molecule has 124 valence electrons. The van der Waals surface area contributed by atoms with Crippen LogP contribution in [0.5, 0.6) is 0 Å². The van der Waals surface area contributed by atoms with Gasteiger partial charge in [0.05, 0.1) is 0 Å². The van der Waals surface area contributed by atoms with E-state index in [1.165, 1.54) is 11.3 Å². The third-order valence-electron chi connectivity index (χ3n) is 4.61. The van der Waals surface area contributed by atoms with E-state index in [0.717, 1.165) is 24.8 Å². The summed E-state index contributed by atoms with van der Waals surface area (Å²) in [5.41, 5.74) is 3.81. The average Bonchev–Trinajstić information content (AvgIpc) is 2.53. The quantitative estimate of drug-likeness (QED) is 0.755. The Balaban J connectivity index is 2.43. The monoisotopic (exact) mass is 319 g/mol. The lowest BCUT2D eigenvalue weighted by Gasteiger charge is -2.39. The van der Waals surface area contributed by atoms with Gasteiger partial charge in [0.1, 0.15) is 17.7 Å². The number of hydrogen-bond donors (Lipinski definition) is 0. The summed E-state index contributed by atoms with van der Waals surface area (Å²) in [5.74, 6) is 0.315. The van der Waals surface area contributed by atoms with Crippen molar-refractivity contribution in [2.24, 2.45) is 11.3 Å². The summed E-state index contributed by atoms with van der Waals surface area (Å²) in [6.07, 6.45) is 4.89. The zero-order valence-corrected chi connectivity index (χ0v) is 15.0. The Morgan fingerprint density at radius 2 is 1.79 bits per heavy atom. The largest absolute Gasteiger partial charge is 0.381 e. The van der Waals surface area contributed by atoms with E-state index in [2.05, 4.69) is 63.2 Å². The van der Waals surface area contributed by atoms with Crippen molar-refractivity contribution in [1.29, 1.82) is 10.5 Å². The highest BCUT2D eigenvalue weighted by Gasteiger charge is 2.34. The second-order valence-electron chi connectivity index (χ2n) is 7.52. The van der Waals surface area contributed by atoms with Gasteiger partial charge in [0.25, 0.3) is 0 Å². The van der Waals surface area contributed by atoms with Crippen molar-refractivity contribution in [3.63, 3.8) is 0 Å². The third-order valence-corrected chi connectivity index (χ3v) is 4.61. The first-order chi connectivity index (χ1) is 11.4. The molecule has 3 heteroatoms. The number of hydrogen-bond acceptors (Lipinski definition) is 3. The van der Waals surface area contributed by atoms with E-state index in [-0.39, 0.29) is 5.41 Å². The lowest BCUT2D eigenvalue weighted by molar-refractivity contribution is 0.223. The van der Waals surface area contributed by atoms with Gasteiger partial charge in [-0.2, -0.15) is 10.5 Å². The van der Waals surface area contributed by atoms with Gasteiger partial charge in [0.2, 0.25) is 0 Å². The van der Waals surface area contributed by atoms with Gasteiger partial charge in [-0.15, -0.1) is 0 Å². The molecule has 24 heavy (non-hydrogen) atoms. The summed E-state index contributed by atoms with van der Waals surface area (Å²) in [4.78, 5) is 2.16. The zero-order valence-electron chi connectivity index (χ0n) is 15.0. The van der Waals surface area contributed by atoms with E-state index in [1.807, 2.05) is 18.2 Å². The van der Waals surface area contributed by atoms with Crippen LogP contribution >= 0.6 is 0 Å². The van der Waals surface area contributed by atoms with Crippen LogP contribution in [0.3, 0.4) is 0 Å². The topological polar surface area (TPSA) is 50.8 Å². The van der Waals surface area contributed by atoms with Crippen LogP contribution in [0.15, 0.2) is 47.2 Å². The first kappa shape index (κ1) is 17.8. The molecule has 0 aliphatic heterocycles. The normalized spacial score (nSPS) is 20.0. The minimum atomic E-state index is 0.0863. The Labute approximate surface area is 145 Å². The molecule has 2 rings (SSSR count). The Bertz CT molecular complexity index is 709. The summed E-state index contributed by atoms with van der Waals surface area (Å²) in [5, 5.41) is 18.5. The van der Waals surface area contributed by atoms with Crippen molar-refractivity contribution >= 4 is 6.08 Å². The summed E-state index contributed by atoms with van der Waals surface area (Å²) in [6, 6.07) is 14.5. The highest BCUT2D eigenvalue weighted by atomic mass is 15.1. The molecule has 1 aliphatic rings. The van der Waals surface area contributed by atoms with Crippen LogP contribution in [0.25, 0.3) is 6.08 Å². The first-order valence-electron chi connectivity index (χ1n) is 8.32. The molecular formula is C21H25N3. The van der Waals surface area contributed by atoms with Crippen molar-refractivity contribution in [1.82, 2.24) is 4.90 Å². The molecule has 0 radical (unpaired) electrons. The van der Waals surface area contributed by atoms with Crippen LogP contribution in [-0.2, 0) is 0 Å². The van der Waals surface area contributed by atoms with Gasteiger partial charge in [-0.3, -0.25) is 0 Å². The van der Waals surface area contributed by atoms with E-state index < -0.39 is 0 Å². The van der Waals surface area contributed by atoms with Crippen LogP contribution in [0.4, 0.5) is 0 Å². The molecule has 1 fully saturated rings. The smallest absolute Gasteiger partial charge is 0.128 e. The van der Waals surface area contributed by atoms with E-state index >= 15 is 0 Å². The maximum absolute atomic E-state index is 9.26. The van der Waals surface area contributed by atoms with E-state index in [0.29, 0.717) is 11.5 Å². The van der Waals surface area contributed by atoms with Gasteiger partial charge in [-0.05, 0) is 41.9 Å². The second-order valence-corrected chi connectivity index (χ2v) is 7.52. The van der Waals surface area contributed by atoms with E-state index in [4.69, 9.17) is 0 Å². The minimum Gasteiger partial charge on any atom is -0.381 e. The molecule has 0 N–H and O–H groups in total. The number of nitrogens with zero attached hydrogens (tertiary/aromatic N) is 3. The third kappa shape index (κ3) is 4.27. The highest BCUT2D eigenvalue weighted by Crippen LogP contribution is 2.45. The highest BCUT2D eigenvalue weighted by molar-refractivity contribution is 5.53. The number of benzene rings is 1. The summed E-state index contributed by atoms with van der Waals surface area (Å²) < 4.78 is 0. The number of allylic oxidation sites excluding steroid dienone is 3. The van der Waals surface area contributed by atoms with Crippen LogP contribution in [0.2, 0.25) is 0 Å². The minimum absolute atomic E-state index is 0.0863. The molecular weight excluding hydrogens is 294 g/mol. The lowest BCUT2D eigenvalue weighted by Crippen LogP contribution is -2.30. The lowest BCUT2D eigenvalue weighted by atomic mass is 9.68. The van der Waals surface area contributed by atoms with Gasteiger partial charge in [0.15, 0.2) is 0 Å². The summed E-state index contributed by atoms with van der Waals surface area (Å²) in [6.45, 7) is 4.45. The Morgan fingerprint density at radius 1 is 1.17 bits per heavy atom. The molecule has 1 aromatic rings.